The van der Waals surface area contributed by atoms with Gasteiger partial charge in [0.1, 0.15) is 0 Å². The maximum Gasteiger partial charge on any atom is 0.320 e. The molecule has 4 saturated carbocycles. The molecule has 27 heavy (non-hydrogen) atoms. The monoisotopic (exact) mass is 366 g/mol. The molecule has 1 aromatic rings. The zero-order valence-corrected chi connectivity index (χ0v) is 16.0. The molecular formula is C23H30N2O2. The van der Waals surface area contributed by atoms with Gasteiger partial charge >= 0.3 is 6.03 Å². The molecule has 4 nitrogen and oxygen atoms in total. The van der Waals surface area contributed by atoms with Gasteiger partial charge in [-0.15, -0.1) is 0 Å². The summed E-state index contributed by atoms with van der Waals surface area (Å²) in [6.45, 7) is 1.80. The van der Waals surface area contributed by atoms with E-state index < -0.39 is 5.60 Å². The summed E-state index contributed by atoms with van der Waals surface area (Å²) in [5.74, 6) is 1.72. The predicted octanol–water partition coefficient (Wildman–Crippen LogP) is 3.44. The quantitative estimate of drug-likeness (QED) is 0.891. The van der Waals surface area contributed by atoms with Gasteiger partial charge < -0.3 is 14.9 Å². The number of nitrogens with zero attached hydrogens (tertiary/aromatic N) is 2. The highest BCUT2D eigenvalue weighted by molar-refractivity contribution is 5.79. The summed E-state index contributed by atoms with van der Waals surface area (Å²) in [5, 5.41) is 10.9. The number of amides is 2. The molecule has 4 bridgehead atoms. The first-order chi connectivity index (χ1) is 13.1. The van der Waals surface area contributed by atoms with Crippen LogP contribution in [0.25, 0.3) is 0 Å². The summed E-state index contributed by atoms with van der Waals surface area (Å²) in [6, 6.07) is 11.4. The van der Waals surface area contributed by atoms with Crippen LogP contribution in [-0.2, 0) is 6.42 Å². The normalized spacial score (nSPS) is 45.0. The lowest BCUT2D eigenvalue weighted by molar-refractivity contribution is -0.152. The van der Waals surface area contributed by atoms with Crippen molar-refractivity contribution in [3.05, 3.63) is 35.9 Å². The average molecular weight is 367 g/mol. The third kappa shape index (κ3) is 2.35. The fraction of sp³-hybridized carbons (Fsp3) is 0.696. The third-order valence-electron chi connectivity index (χ3n) is 8.46. The van der Waals surface area contributed by atoms with E-state index in [9.17, 15) is 9.90 Å². The van der Waals surface area contributed by atoms with Gasteiger partial charge in [-0.1, -0.05) is 30.3 Å². The fourth-order valence-electron chi connectivity index (χ4n) is 7.85. The molecule has 2 saturated heterocycles. The van der Waals surface area contributed by atoms with E-state index >= 15 is 0 Å². The van der Waals surface area contributed by atoms with E-state index in [2.05, 4.69) is 40.1 Å². The Morgan fingerprint density at radius 2 is 1.81 bits per heavy atom. The molecule has 2 heterocycles. The molecule has 4 aliphatic carbocycles. The van der Waals surface area contributed by atoms with Crippen LogP contribution in [0.5, 0.6) is 0 Å². The van der Waals surface area contributed by atoms with Crippen LogP contribution in [0.4, 0.5) is 4.79 Å². The van der Waals surface area contributed by atoms with Crippen molar-refractivity contribution in [2.24, 2.45) is 17.8 Å². The molecule has 3 unspecified atom stereocenters. The summed E-state index contributed by atoms with van der Waals surface area (Å²) < 4.78 is 0. The highest BCUT2D eigenvalue weighted by Gasteiger charge is 2.61. The lowest BCUT2D eigenvalue weighted by Gasteiger charge is -2.59. The first-order valence-corrected chi connectivity index (χ1v) is 10.9. The zero-order chi connectivity index (χ0) is 18.2. The van der Waals surface area contributed by atoms with Crippen LogP contribution in [-0.4, -0.2) is 51.2 Å². The first-order valence-electron chi connectivity index (χ1n) is 10.9. The molecule has 4 heteroatoms. The number of carbonyl (C=O) groups excluding carboxylic acids is 1. The number of urea groups is 1. The third-order valence-corrected chi connectivity index (χ3v) is 8.46. The topological polar surface area (TPSA) is 43.8 Å². The van der Waals surface area contributed by atoms with Gasteiger partial charge in [-0.3, -0.25) is 0 Å². The lowest BCUT2D eigenvalue weighted by Crippen LogP contribution is -2.62. The Balaban J connectivity index is 1.30. The predicted molar refractivity (Wildman–Crippen MR) is 103 cm³/mol. The van der Waals surface area contributed by atoms with Crippen LogP contribution in [0, 0.1) is 17.8 Å². The van der Waals surface area contributed by atoms with Crippen molar-refractivity contribution in [2.45, 2.75) is 68.5 Å². The summed E-state index contributed by atoms with van der Waals surface area (Å²) >= 11 is 0. The lowest BCUT2D eigenvalue weighted by atomic mass is 9.52. The van der Waals surface area contributed by atoms with Gasteiger partial charge in [-0.25, -0.2) is 4.79 Å². The number of aliphatic hydroxyl groups is 1. The minimum Gasteiger partial charge on any atom is -0.390 e. The Morgan fingerprint density at radius 1 is 1.07 bits per heavy atom. The highest BCUT2D eigenvalue weighted by atomic mass is 16.3. The van der Waals surface area contributed by atoms with Crippen molar-refractivity contribution in [1.29, 1.82) is 0 Å². The van der Waals surface area contributed by atoms with Gasteiger partial charge in [0.05, 0.1) is 11.1 Å². The van der Waals surface area contributed by atoms with E-state index in [1.807, 2.05) is 0 Å². The van der Waals surface area contributed by atoms with Crippen molar-refractivity contribution in [3.8, 4) is 0 Å². The summed E-state index contributed by atoms with van der Waals surface area (Å²) in [6.07, 6.45) is 8.51. The number of fused-ring (bicyclic) bond motifs is 1. The van der Waals surface area contributed by atoms with Crippen molar-refractivity contribution < 1.29 is 9.90 Å². The van der Waals surface area contributed by atoms with Crippen LogP contribution in [0.3, 0.4) is 0 Å². The molecule has 144 valence electrons. The maximum atomic E-state index is 13.5. The first kappa shape index (κ1) is 16.4. The van der Waals surface area contributed by atoms with Crippen molar-refractivity contribution in [3.63, 3.8) is 0 Å². The molecule has 6 fully saturated rings. The van der Waals surface area contributed by atoms with Crippen LogP contribution in [0.2, 0.25) is 0 Å². The molecule has 1 aromatic carbocycles. The molecule has 6 aliphatic rings. The van der Waals surface area contributed by atoms with E-state index in [1.54, 1.807) is 0 Å². The second-order valence-corrected chi connectivity index (χ2v) is 10.2. The van der Waals surface area contributed by atoms with Gasteiger partial charge in [0, 0.05) is 19.1 Å². The highest BCUT2D eigenvalue weighted by Crippen LogP contribution is 2.58. The molecule has 0 radical (unpaired) electrons. The Morgan fingerprint density at radius 3 is 2.52 bits per heavy atom. The molecule has 0 aromatic heterocycles. The standard InChI is InChI=1S/C23H30N2O2/c26-21-24(20-18-9-17-10-19(20)14-23(27,12-17)13-18)15-22(7-4-8-25(21)22)11-16-5-2-1-3-6-16/h1-3,5-6,17-20,27H,4,7-15H2. The van der Waals surface area contributed by atoms with Crippen molar-refractivity contribution in [2.75, 3.05) is 13.1 Å². The number of rotatable bonds is 3. The number of benzene rings is 1. The van der Waals surface area contributed by atoms with E-state index in [0.717, 1.165) is 51.6 Å². The summed E-state index contributed by atoms with van der Waals surface area (Å²) in [7, 11) is 0. The second-order valence-electron chi connectivity index (χ2n) is 10.2. The van der Waals surface area contributed by atoms with Crippen LogP contribution < -0.4 is 0 Å². The molecule has 3 atom stereocenters. The van der Waals surface area contributed by atoms with E-state index in [4.69, 9.17) is 0 Å². The largest absolute Gasteiger partial charge is 0.390 e. The second kappa shape index (κ2) is 5.50. The SMILES string of the molecule is O=C1N(C2C3CC4CC2CC(O)(C4)C3)CC2(Cc3ccccc3)CCCN12. The van der Waals surface area contributed by atoms with E-state index in [0.29, 0.717) is 23.8 Å². The van der Waals surface area contributed by atoms with E-state index in [1.165, 1.54) is 18.4 Å². The van der Waals surface area contributed by atoms with Crippen molar-refractivity contribution in [1.82, 2.24) is 9.80 Å². The molecule has 2 aliphatic heterocycles. The molecule has 2 amide bonds. The molecule has 1 N–H and O–H groups in total. The van der Waals surface area contributed by atoms with Gasteiger partial charge in [0.2, 0.25) is 0 Å². The average Bonchev–Trinajstić information content (AvgIpc) is 3.12. The van der Waals surface area contributed by atoms with Crippen LogP contribution >= 0.6 is 0 Å². The minimum atomic E-state index is -0.423. The Bertz CT molecular complexity index is 749. The maximum absolute atomic E-state index is 13.5. The Kier molecular flexibility index (Phi) is 3.34. The number of hydrogen-bond acceptors (Lipinski definition) is 2. The van der Waals surface area contributed by atoms with Crippen molar-refractivity contribution >= 4 is 6.03 Å². The number of hydrogen-bond donors (Lipinski definition) is 1. The van der Waals surface area contributed by atoms with Gasteiger partial charge in [-0.05, 0) is 74.7 Å². The summed E-state index contributed by atoms with van der Waals surface area (Å²) in [4.78, 5) is 17.9. The Hall–Kier alpha value is -1.55. The minimum absolute atomic E-state index is 0.00992. The molecule has 7 rings (SSSR count). The zero-order valence-electron chi connectivity index (χ0n) is 16.0. The summed E-state index contributed by atoms with van der Waals surface area (Å²) in [5.41, 5.74) is 0.913. The van der Waals surface area contributed by atoms with Gasteiger partial charge in [0.25, 0.3) is 0 Å². The fourth-order valence-corrected chi connectivity index (χ4v) is 7.85. The van der Waals surface area contributed by atoms with Gasteiger partial charge in [0.15, 0.2) is 0 Å². The van der Waals surface area contributed by atoms with Crippen LogP contribution in [0.1, 0.15) is 50.5 Å². The molecular weight excluding hydrogens is 336 g/mol. The van der Waals surface area contributed by atoms with E-state index in [-0.39, 0.29) is 11.6 Å². The van der Waals surface area contributed by atoms with Gasteiger partial charge in [-0.2, -0.15) is 0 Å². The van der Waals surface area contributed by atoms with Crippen LogP contribution in [0.15, 0.2) is 30.3 Å². The number of carbonyl (C=O) groups is 1. The molecule has 0 spiro atoms. The Labute approximate surface area is 161 Å². The smallest absolute Gasteiger partial charge is 0.320 e.